The zero-order valence-corrected chi connectivity index (χ0v) is 19.5. The maximum absolute atomic E-state index is 5.46. The van der Waals surface area contributed by atoms with Gasteiger partial charge in [0.25, 0.3) is 0 Å². The molecule has 0 saturated carbocycles. The van der Waals surface area contributed by atoms with Crippen LogP contribution < -0.4 is 15.5 Å². The Morgan fingerprint density at radius 3 is 2.48 bits per heavy atom. The summed E-state index contributed by atoms with van der Waals surface area (Å²) in [6, 6.07) is 4.16. The average Bonchev–Trinajstić information content (AvgIpc) is 2.67. The van der Waals surface area contributed by atoms with Gasteiger partial charge < -0.3 is 25.0 Å². The van der Waals surface area contributed by atoms with Gasteiger partial charge in [0.15, 0.2) is 5.96 Å². The third kappa shape index (κ3) is 11.3. The molecule has 0 saturated heterocycles. The largest absolute Gasteiger partial charge is 0.382 e. The molecule has 0 amide bonds. The molecule has 2 N–H and O–H groups in total. The number of nitrogens with zero attached hydrogens (tertiary/aromatic N) is 3. The van der Waals surface area contributed by atoms with Gasteiger partial charge in [-0.2, -0.15) is 0 Å². The van der Waals surface area contributed by atoms with E-state index in [0.29, 0.717) is 26.4 Å². The predicted molar refractivity (Wildman–Crippen MR) is 123 cm³/mol. The number of halogens is 1. The molecule has 0 unspecified atom stereocenters. The van der Waals surface area contributed by atoms with Crippen molar-refractivity contribution >= 4 is 35.8 Å². The number of methoxy groups -OCH3 is 1. The van der Waals surface area contributed by atoms with E-state index < -0.39 is 0 Å². The van der Waals surface area contributed by atoms with Crippen LogP contribution in [0.3, 0.4) is 0 Å². The Balaban J connectivity index is 0.00000676. The van der Waals surface area contributed by atoms with Gasteiger partial charge in [-0.05, 0) is 38.8 Å². The van der Waals surface area contributed by atoms with Crippen molar-refractivity contribution < 1.29 is 9.47 Å². The molecule has 1 heterocycles. The molecule has 0 fully saturated rings. The second-order valence-electron chi connectivity index (χ2n) is 5.78. The van der Waals surface area contributed by atoms with Gasteiger partial charge in [-0.1, -0.05) is 6.07 Å². The molecule has 1 aromatic heterocycles. The fraction of sp³-hybridized carbons (Fsp3) is 0.684. The SMILES string of the molecule is CCNC(=NCc1ccc(N(CC)CC)nc1)NCCCOCCOC.I. The first-order chi connectivity index (χ1) is 12.7. The molecule has 0 radical (unpaired) electrons. The zero-order valence-electron chi connectivity index (χ0n) is 17.2. The highest BCUT2D eigenvalue weighted by atomic mass is 127. The van der Waals surface area contributed by atoms with E-state index >= 15 is 0 Å². The predicted octanol–water partition coefficient (Wildman–Crippen LogP) is 2.65. The molecule has 0 aliphatic rings. The third-order valence-electron chi connectivity index (χ3n) is 3.85. The van der Waals surface area contributed by atoms with E-state index in [1.165, 1.54) is 0 Å². The number of aliphatic imine (C=N–C) groups is 1. The molecule has 27 heavy (non-hydrogen) atoms. The fourth-order valence-electron chi connectivity index (χ4n) is 2.38. The van der Waals surface area contributed by atoms with Crippen molar-refractivity contribution in [3.05, 3.63) is 23.9 Å². The molecular weight excluding hydrogens is 457 g/mol. The Bertz CT molecular complexity index is 495. The number of rotatable bonds is 13. The van der Waals surface area contributed by atoms with Crippen LogP contribution in [0.2, 0.25) is 0 Å². The molecule has 0 spiro atoms. The molecule has 1 aromatic rings. The Kier molecular flexibility index (Phi) is 16.3. The van der Waals surface area contributed by atoms with Crippen molar-refractivity contribution in [1.29, 1.82) is 0 Å². The maximum Gasteiger partial charge on any atom is 0.191 e. The quantitative estimate of drug-likeness (QED) is 0.191. The normalized spacial score (nSPS) is 11.0. The lowest BCUT2D eigenvalue weighted by Gasteiger charge is -2.19. The highest BCUT2D eigenvalue weighted by molar-refractivity contribution is 14.0. The minimum Gasteiger partial charge on any atom is -0.382 e. The monoisotopic (exact) mass is 493 g/mol. The Labute approximate surface area is 181 Å². The Morgan fingerprint density at radius 1 is 1.11 bits per heavy atom. The van der Waals surface area contributed by atoms with Gasteiger partial charge in [-0.3, -0.25) is 0 Å². The number of anilines is 1. The highest BCUT2D eigenvalue weighted by Gasteiger charge is 2.03. The summed E-state index contributed by atoms with van der Waals surface area (Å²) in [5, 5.41) is 6.59. The van der Waals surface area contributed by atoms with Crippen LogP contribution in [0.1, 0.15) is 32.8 Å². The van der Waals surface area contributed by atoms with Gasteiger partial charge in [0.1, 0.15) is 5.82 Å². The summed E-state index contributed by atoms with van der Waals surface area (Å²) in [6.07, 6.45) is 2.83. The molecule has 0 aliphatic heterocycles. The molecule has 1 rings (SSSR count). The van der Waals surface area contributed by atoms with Crippen LogP contribution in [0.25, 0.3) is 0 Å². The van der Waals surface area contributed by atoms with Gasteiger partial charge in [0.05, 0.1) is 19.8 Å². The number of guanidine groups is 1. The summed E-state index contributed by atoms with van der Waals surface area (Å²) in [5.41, 5.74) is 1.10. The third-order valence-corrected chi connectivity index (χ3v) is 3.85. The first-order valence-corrected chi connectivity index (χ1v) is 9.53. The molecular formula is C19H36IN5O2. The summed E-state index contributed by atoms with van der Waals surface area (Å²) in [6.45, 7) is 12.5. The van der Waals surface area contributed by atoms with Crippen LogP contribution in [-0.4, -0.2) is 64.1 Å². The van der Waals surface area contributed by atoms with Gasteiger partial charge >= 0.3 is 0 Å². The van der Waals surface area contributed by atoms with Crippen LogP contribution in [0.4, 0.5) is 5.82 Å². The number of nitrogens with one attached hydrogen (secondary N) is 2. The standard InChI is InChI=1S/C19H35N5O2.HI/c1-5-20-19(21-11-8-12-26-14-13-25-4)23-16-17-9-10-18(22-15-17)24(6-2)7-3;/h9-10,15H,5-8,11-14,16H2,1-4H3,(H2,20,21,23);1H. The molecule has 0 bridgehead atoms. The molecule has 0 aromatic carbocycles. The fourth-order valence-corrected chi connectivity index (χ4v) is 2.38. The lowest BCUT2D eigenvalue weighted by molar-refractivity contribution is 0.0698. The van der Waals surface area contributed by atoms with Crippen LogP contribution >= 0.6 is 24.0 Å². The van der Waals surface area contributed by atoms with Crippen molar-refractivity contribution in [3.8, 4) is 0 Å². The second kappa shape index (κ2) is 17.0. The van der Waals surface area contributed by atoms with E-state index in [-0.39, 0.29) is 24.0 Å². The molecule has 0 aliphatic carbocycles. The number of ether oxygens (including phenoxy) is 2. The minimum atomic E-state index is 0. The Morgan fingerprint density at radius 2 is 1.89 bits per heavy atom. The van der Waals surface area contributed by atoms with E-state index in [0.717, 1.165) is 49.9 Å². The van der Waals surface area contributed by atoms with E-state index in [1.54, 1.807) is 7.11 Å². The molecule has 0 atom stereocenters. The number of hydrogen-bond acceptors (Lipinski definition) is 5. The van der Waals surface area contributed by atoms with E-state index in [4.69, 9.17) is 9.47 Å². The van der Waals surface area contributed by atoms with Gasteiger partial charge in [-0.25, -0.2) is 9.98 Å². The molecule has 7 nitrogen and oxygen atoms in total. The summed E-state index contributed by atoms with van der Waals surface area (Å²) >= 11 is 0. The molecule has 156 valence electrons. The Hall–Kier alpha value is -1.13. The maximum atomic E-state index is 5.46. The van der Waals surface area contributed by atoms with Crippen LogP contribution in [0.5, 0.6) is 0 Å². The van der Waals surface area contributed by atoms with Crippen molar-refractivity contribution in [3.63, 3.8) is 0 Å². The second-order valence-corrected chi connectivity index (χ2v) is 5.78. The highest BCUT2D eigenvalue weighted by Crippen LogP contribution is 2.11. The lowest BCUT2D eigenvalue weighted by Crippen LogP contribution is -2.38. The summed E-state index contributed by atoms with van der Waals surface area (Å²) < 4.78 is 10.4. The van der Waals surface area contributed by atoms with Crippen LogP contribution in [0.15, 0.2) is 23.3 Å². The van der Waals surface area contributed by atoms with Crippen molar-refractivity contribution in [2.24, 2.45) is 4.99 Å². The lowest BCUT2D eigenvalue weighted by atomic mass is 10.3. The van der Waals surface area contributed by atoms with Crippen LogP contribution in [-0.2, 0) is 16.0 Å². The van der Waals surface area contributed by atoms with Gasteiger partial charge in [0, 0.05) is 46.1 Å². The van der Waals surface area contributed by atoms with E-state index in [9.17, 15) is 0 Å². The van der Waals surface area contributed by atoms with Crippen molar-refractivity contribution in [1.82, 2.24) is 15.6 Å². The topological polar surface area (TPSA) is 71.0 Å². The van der Waals surface area contributed by atoms with Crippen LogP contribution in [0, 0.1) is 0 Å². The van der Waals surface area contributed by atoms with Gasteiger partial charge in [-0.15, -0.1) is 24.0 Å². The van der Waals surface area contributed by atoms with Crippen molar-refractivity contribution in [2.75, 3.05) is 58.0 Å². The minimum absolute atomic E-state index is 0. The number of pyridine rings is 1. The van der Waals surface area contributed by atoms with E-state index in [2.05, 4.69) is 58.4 Å². The van der Waals surface area contributed by atoms with Gasteiger partial charge in [0.2, 0.25) is 0 Å². The summed E-state index contributed by atoms with van der Waals surface area (Å²) in [4.78, 5) is 11.4. The summed E-state index contributed by atoms with van der Waals surface area (Å²) in [5.74, 6) is 1.83. The molecule has 8 heteroatoms. The van der Waals surface area contributed by atoms with E-state index in [1.807, 2.05) is 6.20 Å². The average molecular weight is 493 g/mol. The summed E-state index contributed by atoms with van der Waals surface area (Å²) in [7, 11) is 1.68. The first kappa shape index (κ1) is 25.9. The first-order valence-electron chi connectivity index (χ1n) is 9.53. The van der Waals surface area contributed by atoms with Crippen molar-refractivity contribution in [2.45, 2.75) is 33.7 Å². The smallest absolute Gasteiger partial charge is 0.191 e. The number of aromatic nitrogens is 1. The zero-order chi connectivity index (χ0) is 19.0. The number of hydrogen-bond donors (Lipinski definition) is 2.